The first kappa shape index (κ1) is 16.1. The molecule has 9 nitrogen and oxygen atoms in total. The number of anilines is 1. The van der Waals surface area contributed by atoms with Crippen LogP contribution in [0.15, 0.2) is 36.7 Å². The molecule has 1 saturated heterocycles. The highest BCUT2D eigenvalue weighted by Crippen LogP contribution is 2.24. The van der Waals surface area contributed by atoms with E-state index in [4.69, 9.17) is 4.74 Å². The Morgan fingerprint density at radius 3 is 2.88 bits per heavy atom. The number of amides is 2. The third-order valence-corrected chi connectivity index (χ3v) is 4.30. The number of ether oxygens (including phenoxy) is 1. The zero-order valence-corrected chi connectivity index (χ0v) is 14.3. The molecule has 0 radical (unpaired) electrons. The molecule has 0 unspecified atom stereocenters. The highest BCUT2D eigenvalue weighted by atomic mass is 16.5. The van der Waals surface area contributed by atoms with Crippen molar-refractivity contribution in [3.8, 4) is 17.0 Å². The minimum absolute atomic E-state index is 0.0203. The summed E-state index contributed by atoms with van der Waals surface area (Å²) in [6.07, 6.45) is 1.57. The van der Waals surface area contributed by atoms with E-state index < -0.39 is 0 Å². The van der Waals surface area contributed by atoms with Crippen molar-refractivity contribution in [1.29, 1.82) is 0 Å². The van der Waals surface area contributed by atoms with Crippen LogP contribution in [0.3, 0.4) is 0 Å². The number of rotatable bonds is 6. The summed E-state index contributed by atoms with van der Waals surface area (Å²) < 4.78 is 6.85. The molecule has 1 fully saturated rings. The Morgan fingerprint density at radius 2 is 2.15 bits per heavy atom. The lowest BCUT2D eigenvalue weighted by atomic mass is 10.1. The van der Waals surface area contributed by atoms with Crippen molar-refractivity contribution in [2.75, 3.05) is 38.6 Å². The lowest BCUT2D eigenvalue weighted by Crippen LogP contribution is -2.32. The maximum atomic E-state index is 11.6. The van der Waals surface area contributed by atoms with Crippen molar-refractivity contribution in [3.05, 3.63) is 36.7 Å². The van der Waals surface area contributed by atoms with Crippen molar-refractivity contribution < 1.29 is 9.53 Å². The summed E-state index contributed by atoms with van der Waals surface area (Å²) in [6, 6.07) is 9.62. The van der Waals surface area contributed by atoms with Gasteiger partial charge in [0.15, 0.2) is 0 Å². The van der Waals surface area contributed by atoms with Crippen molar-refractivity contribution >= 4 is 17.4 Å². The second kappa shape index (κ2) is 6.87. The molecule has 9 heteroatoms. The van der Waals surface area contributed by atoms with Crippen LogP contribution in [0.4, 0.5) is 10.5 Å². The molecule has 1 aromatic carbocycles. The van der Waals surface area contributed by atoms with Crippen molar-refractivity contribution in [3.63, 3.8) is 0 Å². The van der Waals surface area contributed by atoms with Gasteiger partial charge in [-0.25, -0.2) is 4.79 Å². The Morgan fingerprint density at radius 1 is 1.31 bits per heavy atom. The molecule has 3 aromatic rings. The van der Waals surface area contributed by atoms with E-state index in [9.17, 15) is 4.79 Å². The van der Waals surface area contributed by atoms with Gasteiger partial charge in [0.2, 0.25) is 5.65 Å². The maximum absolute atomic E-state index is 11.6. The van der Waals surface area contributed by atoms with Crippen LogP contribution in [-0.2, 0) is 0 Å². The molecule has 2 amide bonds. The fourth-order valence-corrected chi connectivity index (χ4v) is 2.91. The second-order valence-electron chi connectivity index (χ2n) is 5.92. The molecule has 1 aliphatic heterocycles. The molecule has 1 aliphatic rings. The fraction of sp³-hybridized carbons (Fsp3) is 0.294. The first-order valence-electron chi connectivity index (χ1n) is 8.37. The van der Waals surface area contributed by atoms with Gasteiger partial charge in [-0.15, -0.1) is 10.2 Å². The summed E-state index contributed by atoms with van der Waals surface area (Å²) >= 11 is 0. The molecular weight excluding hydrogens is 334 g/mol. The van der Waals surface area contributed by atoms with Gasteiger partial charge in [-0.3, -0.25) is 0 Å². The summed E-state index contributed by atoms with van der Waals surface area (Å²) in [6.45, 7) is 2.66. The third kappa shape index (κ3) is 3.10. The van der Waals surface area contributed by atoms with E-state index >= 15 is 0 Å². The quantitative estimate of drug-likeness (QED) is 0.692. The molecule has 134 valence electrons. The average Bonchev–Trinajstić information content (AvgIpc) is 3.31. The van der Waals surface area contributed by atoms with Crippen LogP contribution in [0, 0.1) is 0 Å². The Balaban J connectivity index is 1.56. The van der Waals surface area contributed by atoms with E-state index in [0.717, 1.165) is 29.2 Å². The average molecular weight is 353 g/mol. The van der Waals surface area contributed by atoms with E-state index in [0.29, 0.717) is 25.3 Å². The van der Waals surface area contributed by atoms with Crippen LogP contribution in [0.1, 0.15) is 0 Å². The summed E-state index contributed by atoms with van der Waals surface area (Å²) in [5.74, 6) is 0.793. The Kier molecular flexibility index (Phi) is 4.26. The van der Waals surface area contributed by atoms with Gasteiger partial charge in [0, 0.05) is 31.7 Å². The van der Waals surface area contributed by atoms with Gasteiger partial charge in [0.05, 0.1) is 18.5 Å². The number of nitrogens with zero attached hydrogens (tertiary/aromatic N) is 5. The summed E-state index contributed by atoms with van der Waals surface area (Å²) in [5, 5.41) is 18.8. The molecule has 0 bridgehead atoms. The van der Waals surface area contributed by atoms with Crippen LogP contribution >= 0.6 is 0 Å². The van der Waals surface area contributed by atoms with E-state index in [1.54, 1.807) is 22.9 Å². The number of nitrogens with one attached hydrogen (secondary N) is 2. The molecular formula is C17H19N7O2. The third-order valence-electron chi connectivity index (χ3n) is 4.30. The minimum Gasteiger partial charge on any atom is -0.497 e. The topological polar surface area (TPSA) is 96.7 Å². The molecule has 0 spiro atoms. The number of aromatic nitrogens is 4. The summed E-state index contributed by atoms with van der Waals surface area (Å²) in [4.78, 5) is 13.4. The zero-order valence-electron chi connectivity index (χ0n) is 14.3. The minimum atomic E-state index is -0.0203. The smallest absolute Gasteiger partial charge is 0.317 e. The highest BCUT2D eigenvalue weighted by molar-refractivity contribution is 5.76. The fourth-order valence-electron chi connectivity index (χ4n) is 2.91. The van der Waals surface area contributed by atoms with Crippen molar-refractivity contribution in [2.45, 2.75) is 0 Å². The van der Waals surface area contributed by atoms with E-state index in [1.807, 2.05) is 30.3 Å². The lowest BCUT2D eigenvalue weighted by Gasteiger charge is -2.15. The van der Waals surface area contributed by atoms with Crippen LogP contribution in [0.2, 0.25) is 0 Å². The van der Waals surface area contributed by atoms with E-state index in [-0.39, 0.29) is 6.03 Å². The molecule has 2 aromatic heterocycles. The van der Waals surface area contributed by atoms with Crippen LogP contribution in [0.5, 0.6) is 5.75 Å². The van der Waals surface area contributed by atoms with Crippen LogP contribution in [0.25, 0.3) is 16.9 Å². The number of hydrogen-bond acceptors (Lipinski definition) is 6. The first-order valence-corrected chi connectivity index (χ1v) is 8.37. The molecule has 0 atom stereocenters. The predicted molar refractivity (Wildman–Crippen MR) is 96.2 cm³/mol. The van der Waals surface area contributed by atoms with Crippen molar-refractivity contribution in [1.82, 2.24) is 30.0 Å². The molecule has 0 saturated carbocycles. The van der Waals surface area contributed by atoms with Gasteiger partial charge in [-0.2, -0.15) is 9.61 Å². The van der Waals surface area contributed by atoms with Gasteiger partial charge in [0.1, 0.15) is 12.1 Å². The lowest BCUT2D eigenvalue weighted by molar-refractivity contribution is 0.219. The van der Waals surface area contributed by atoms with E-state index in [1.165, 1.54) is 0 Å². The van der Waals surface area contributed by atoms with Gasteiger partial charge in [-0.1, -0.05) is 0 Å². The first-order chi connectivity index (χ1) is 12.7. The maximum Gasteiger partial charge on any atom is 0.317 e. The van der Waals surface area contributed by atoms with E-state index in [2.05, 4.69) is 25.9 Å². The Bertz CT molecular complexity index is 923. The van der Waals surface area contributed by atoms with Crippen LogP contribution < -0.4 is 15.4 Å². The normalized spacial score (nSPS) is 13.9. The van der Waals surface area contributed by atoms with Crippen LogP contribution in [-0.4, -0.2) is 64.0 Å². The predicted octanol–water partition coefficient (Wildman–Crippen LogP) is 1.24. The molecule has 3 heterocycles. The number of hydrogen-bond donors (Lipinski definition) is 2. The summed E-state index contributed by atoms with van der Waals surface area (Å²) in [7, 11) is 1.64. The second-order valence-corrected chi connectivity index (χ2v) is 5.92. The largest absolute Gasteiger partial charge is 0.497 e. The number of fused-ring (bicyclic) bond motifs is 1. The Hall–Kier alpha value is -3.36. The number of carbonyl (C=O) groups excluding carboxylic acids is 1. The standard InChI is InChI=1S/C17H19N7O2/c1-26-13-4-2-12(3-5-13)14-10-15(16-21-20-11-24(16)22-14)18-6-8-23-9-7-19-17(23)25/h2-5,10-11,18H,6-9H2,1H3,(H,19,25). The number of methoxy groups -OCH3 is 1. The monoisotopic (exact) mass is 353 g/mol. The highest BCUT2D eigenvalue weighted by Gasteiger charge is 2.18. The van der Waals surface area contributed by atoms with Crippen molar-refractivity contribution in [2.24, 2.45) is 0 Å². The number of urea groups is 1. The number of carbonyl (C=O) groups is 1. The summed E-state index contributed by atoms with van der Waals surface area (Å²) in [5.41, 5.74) is 3.22. The molecule has 4 rings (SSSR count). The van der Waals surface area contributed by atoms with Gasteiger partial charge in [0.25, 0.3) is 0 Å². The SMILES string of the molecule is COc1ccc(-c2cc(NCCN3CCNC3=O)c3nncn3n2)cc1. The van der Waals surface area contributed by atoms with Gasteiger partial charge >= 0.3 is 6.03 Å². The molecule has 26 heavy (non-hydrogen) atoms. The number of benzene rings is 1. The zero-order chi connectivity index (χ0) is 17.9. The molecule has 0 aliphatic carbocycles. The van der Waals surface area contributed by atoms with Gasteiger partial charge in [-0.05, 0) is 30.3 Å². The van der Waals surface area contributed by atoms with Gasteiger partial charge < -0.3 is 20.3 Å². The Labute approximate surface area is 150 Å². The molecule has 2 N–H and O–H groups in total.